The zero-order chi connectivity index (χ0) is 16.4. The van der Waals surface area contributed by atoms with Crippen LogP contribution >= 0.6 is 0 Å². The lowest BCUT2D eigenvalue weighted by Gasteiger charge is -2.27. The van der Waals surface area contributed by atoms with Crippen LogP contribution in [0.5, 0.6) is 0 Å². The molecule has 1 aliphatic heterocycles. The number of amides is 2. The number of nitrogens with zero attached hydrogens (tertiary/aromatic N) is 1. The molecule has 7 heteroatoms. The second kappa shape index (κ2) is 6.15. The van der Waals surface area contributed by atoms with Crippen molar-refractivity contribution >= 4 is 12.0 Å². The summed E-state index contributed by atoms with van der Waals surface area (Å²) in [4.78, 5) is 24.9. The first kappa shape index (κ1) is 17.7. The highest BCUT2D eigenvalue weighted by Gasteiger charge is 2.42. The van der Waals surface area contributed by atoms with Crippen LogP contribution < -0.4 is 5.32 Å². The topological polar surface area (TPSA) is 58.6 Å². The van der Waals surface area contributed by atoms with Crippen LogP contribution in [0, 0.1) is 5.92 Å². The number of rotatable bonds is 3. The van der Waals surface area contributed by atoms with Gasteiger partial charge in [0, 0.05) is 19.0 Å². The third-order valence-electron chi connectivity index (χ3n) is 3.37. The molecule has 1 heterocycles. The predicted octanol–water partition coefficient (Wildman–Crippen LogP) is 2.40. The standard InChI is InChI=1S/C14H24F2N2O3/c1-9(10(2)17-12(20)21-13(3,4)5)11(19)18-7-6-14(15,16)8-18/h9-10H,6-8H2,1-5H3,(H,17,20). The van der Waals surface area contributed by atoms with E-state index in [-0.39, 0.29) is 18.9 Å². The fraction of sp³-hybridized carbons (Fsp3) is 0.857. The summed E-state index contributed by atoms with van der Waals surface area (Å²) in [5.74, 6) is -3.78. The average Bonchev–Trinajstić information content (AvgIpc) is 2.65. The summed E-state index contributed by atoms with van der Waals surface area (Å²) in [5.41, 5.74) is -0.631. The molecule has 5 nitrogen and oxygen atoms in total. The summed E-state index contributed by atoms with van der Waals surface area (Å²) in [7, 11) is 0. The minimum Gasteiger partial charge on any atom is -0.444 e. The van der Waals surface area contributed by atoms with Crippen LogP contribution in [-0.2, 0) is 9.53 Å². The van der Waals surface area contributed by atoms with Crippen LogP contribution in [0.4, 0.5) is 13.6 Å². The maximum absolute atomic E-state index is 13.1. The Balaban J connectivity index is 2.52. The number of nitrogens with one attached hydrogen (secondary N) is 1. The Morgan fingerprint density at radius 3 is 2.29 bits per heavy atom. The van der Waals surface area contributed by atoms with E-state index >= 15 is 0 Å². The summed E-state index contributed by atoms with van der Waals surface area (Å²) in [6, 6.07) is -0.499. The number of alkyl carbamates (subject to hydrolysis) is 1. The quantitative estimate of drug-likeness (QED) is 0.871. The van der Waals surface area contributed by atoms with E-state index in [4.69, 9.17) is 4.74 Å². The van der Waals surface area contributed by atoms with Gasteiger partial charge < -0.3 is 15.0 Å². The highest BCUT2D eigenvalue weighted by Crippen LogP contribution is 2.28. The Hall–Kier alpha value is -1.40. The first-order valence-electron chi connectivity index (χ1n) is 7.07. The molecule has 1 N–H and O–H groups in total. The van der Waals surface area contributed by atoms with Gasteiger partial charge in [-0.3, -0.25) is 4.79 Å². The summed E-state index contributed by atoms with van der Waals surface area (Å²) >= 11 is 0. The van der Waals surface area contributed by atoms with Crippen LogP contribution in [0.2, 0.25) is 0 Å². The molecule has 0 bridgehead atoms. The molecule has 122 valence electrons. The largest absolute Gasteiger partial charge is 0.444 e. The molecule has 21 heavy (non-hydrogen) atoms. The van der Waals surface area contributed by atoms with E-state index in [1.165, 1.54) is 0 Å². The molecule has 1 aliphatic rings. The van der Waals surface area contributed by atoms with Crippen LogP contribution in [0.3, 0.4) is 0 Å². The molecule has 1 saturated heterocycles. The highest BCUT2D eigenvalue weighted by atomic mass is 19.3. The van der Waals surface area contributed by atoms with Crippen molar-refractivity contribution in [1.29, 1.82) is 0 Å². The fourth-order valence-electron chi connectivity index (χ4n) is 2.04. The molecule has 0 radical (unpaired) electrons. The molecule has 1 rings (SSSR count). The van der Waals surface area contributed by atoms with Gasteiger partial charge >= 0.3 is 6.09 Å². The summed E-state index contributed by atoms with van der Waals surface area (Å²) in [5, 5.41) is 2.57. The zero-order valence-electron chi connectivity index (χ0n) is 13.2. The Labute approximate surface area is 124 Å². The van der Waals surface area contributed by atoms with Crippen LogP contribution in [-0.4, -0.2) is 47.6 Å². The third-order valence-corrected chi connectivity index (χ3v) is 3.37. The second-order valence-corrected chi connectivity index (χ2v) is 6.59. The molecular formula is C14H24F2N2O3. The van der Waals surface area contributed by atoms with Gasteiger partial charge in [0.1, 0.15) is 5.60 Å². The summed E-state index contributed by atoms with van der Waals surface area (Å²) in [6.07, 6.45) is -0.930. The minimum absolute atomic E-state index is 0.0509. The zero-order valence-corrected chi connectivity index (χ0v) is 13.2. The Morgan fingerprint density at radius 2 is 1.86 bits per heavy atom. The second-order valence-electron chi connectivity index (χ2n) is 6.59. The van der Waals surface area contributed by atoms with E-state index in [2.05, 4.69) is 5.32 Å². The van der Waals surface area contributed by atoms with E-state index in [0.717, 1.165) is 4.90 Å². The minimum atomic E-state index is -2.81. The monoisotopic (exact) mass is 306 g/mol. The van der Waals surface area contributed by atoms with Crippen molar-refractivity contribution in [2.45, 2.75) is 58.6 Å². The molecule has 0 aromatic rings. The summed E-state index contributed by atoms with van der Waals surface area (Å²) < 4.78 is 31.4. The number of ether oxygens (including phenoxy) is 1. The Morgan fingerprint density at radius 1 is 1.29 bits per heavy atom. The van der Waals surface area contributed by atoms with Crippen LogP contribution in [0.1, 0.15) is 41.0 Å². The number of carbonyl (C=O) groups is 2. The van der Waals surface area contributed by atoms with Gasteiger partial charge in [0.15, 0.2) is 0 Å². The smallest absolute Gasteiger partial charge is 0.407 e. The molecular weight excluding hydrogens is 282 g/mol. The summed E-state index contributed by atoms with van der Waals surface area (Å²) in [6.45, 7) is 7.97. The van der Waals surface area contributed by atoms with E-state index in [9.17, 15) is 18.4 Å². The number of hydrogen-bond donors (Lipinski definition) is 1. The Bertz CT molecular complexity index is 408. The van der Waals surface area contributed by atoms with Gasteiger partial charge in [0.25, 0.3) is 5.92 Å². The van der Waals surface area contributed by atoms with Crippen LogP contribution in [0.15, 0.2) is 0 Å². The molecule has 0 aliphatic carbocycles. The SMILES string of the molecule is CC(NC(=O)OC(C)(C)C)C(C)C(=O)N1CCC(F)(F)C1. The number of alkyl halides is 2. The maximum Gasteiger partial charge on any atom is 0.407 e. The first-order chi connectivity index (χ1) is 9.41. The van der Waals surface area contributed by atoms with Gasteiger partial charge in [0.2, 0.25) is 5.91 Å². The highest BCUT2D eigenvalue weighted by molar-refractivity contribution is 5.80. The van der Waals surface area contributed by atoms with Crippen molar-refractivity contribution in [1.82, 2.24) is 10.2 Å². The first-order valence-corrected chi connectivity index (χ1v) is 7.07. The average molecular weight is 306 g/mol. The maximum atomic E-state index is 13.1. The van der Waals surface area contributed by atoms with Crippen molar-refractivity contribution in [3.63, 3.8) is 0 Å². The van der Waals surface area contributed by atoms with Gasteiger partial charge in [-0.15, -0.1) is 0 Å². The number of likely N-dealkylation sites (tertiary alicyclic amines) is 1. The fourth-order valence-corrected chi connectivity index (χ4v) is 2.04. The molecule has 2 unspecified atom stereocenters. The molecule has 0 saturated carbocycles. The molecule has 0 aromatic heterocycles. The molecule has 2 atom stereocenters. The predicted molar refractivity (Wildman–Crippen MR) is 74.1 cm³/mol. The number of halogens is 2. The van der Waals surface area contributed by atoms with Crippen molar-refractivity contribution in [2.75, 3.05) is 13.1 Å². The van der Waals surface area contributed by atoms with Crippen molar-refractivity contribution < 1.29 is 23.1 Å². The van der Waals surface area contributed by atoms with E-state index in [1.54, 1.807) is 34.6 Å². The normalized spacial score (nSPS) is 20.8. The van der Waals surface area contributed by atoms with Crippen molar-refractivity contribution in [3.8, 4) is 0 Å². The lowest BCUT2D eigenvalue weighted by Crippen LogP contribution is -2.46. The number of carbonyl (C=O) groups excluding carboxylic acids is 2. The molecule has 0 aromatic carbocycles. The van der Waals surface area contributed by atoms with Gasteiger partial charge in [0.05, 0.1) is 12.5 Å². The van der Waals surface area contributed by atoms with E-state index in [1.807, 2.05) is 0 Å². The molecule has 0 spiro atoms. The van der Waals surface area contributed by atoms with Gasteiger partial charge in [-0.25, -0.2) is 13.6 Å². The lowest BCUT2D eigenvalue weighted by atomic mass is 10.0. The number of hydrogen-bond acceptors (Lipinski definition) is 3. The molecule has 1 fully saturated rings. The van der Waals surface area contributed by atoms with Gasteiger partial charge in [-0.2, -0.15) is 0 Å². The van der Waals surface area contributed by atoms with E-state index < -0.39 is 36.1 Å². The molecule has 2 amide bonds. The van der Waals surface area contributed by atoms with Crippen molar-refractivity contribution in [3.05, 3.63) is 0 Å². The van der Waals surface area contributed by atoms with Gasteiger partial charge in [-0.05, 0) is 27.7 Å². The van der Waals surface area contributed by atoms with Gasteiger partial charge in [-0.1, -0.05) is 6.92 Å². The Kier molecular flexibility index (Phi) is 5.17. The van der Waals surface area contributed by atoms with E-state index in [0.29, 0.717) is 0 Å². The lowest BCUT2D eigenvalue weighted by molar-refractivity contribution is -0.136. The van der Waals surface area contributed by atoms with Crippen molar-refractivity contribution in [2.24, 2.45) is 5.92 Å². The third kappa shape index (κ3) is 5.47. The van der Waals surface area contributed by atoms with Crippen LogP contribution in [0.25, 0.3) is 0 Å².